The fraction of sp³-hybridized carbons (Fsp3) is 0.290. The molecule has 0 aliphatic carbocycles. The predicted molar refractivity (Wildman–Crippen MR) is 157 cm³/mol. The molecule has 8 heteroatoms. The number of hydrogen-bond donors (Lipinski definition) is 2. The fourth-order valence-electron chi connectivity index (χ4n) is 5.32. The van der Waals surface area contributed by atoms with E-state index in [1.54, 1.807) is 25.2 Å². The number of thiazole rings is 1. The highest BCUT2D eigenvalue weighted by molar-refractivity contribution is 7.10. The summed E-state index contributed by atoms with van der Waals surface area (Å²) in [4.78, 5) is 20.6. The number of carbonyl (C=O) groups excluding carboxylic acids is 1. The molecule has 4 aromatic rings. The van der Waals surface area contributed by atoms with Crippen molar-refractivity contribution < 1.29 is 9.32 Å². The van der Waals surface area contributed by atoms with Gasteiger partial charge in [-0.05, 0) is 52.2 Å². The van der Waals surface area contributed by atoms with E-state index in [4.69, 9.17) is 20.7 Å². The third-order valence-corrected chi connectivity index (χ3v) is 8.27. The van der Waals surface area contributed by atoms with Crippen LogP contribution in [-0.4, -0.2) is 39.7 Å². The molecule has 1 aliphatic heterocycles. The van der Waals surface area contributed by atoms with Crippen molar-refractivity contribution >= 4 is 28.5 Å². The lowest BCUT2D eigenvalue weighted by atomic mass is 9.92. The number of aryl methyl sites for hydroxylation is 2. The largest absolute Gasteiger partial charge is 0.402 e. The summed E-state index contributed by atoms with van der Waals surface area (Å²) in [5, 5.41) is 15.7. The van der Waals surface area contributed by atoms with Crippen molar-refractivity contribution in [3.8, 4) is 22.5 Å². The summed E-state index contributed by atoms with van der Waals surface area (Å²) in [5.41, 5.74) is 13.6. The molecule has 5 rings (SSSR count). The molecule has 0 radical (unpaired) electrons. The van der Waals surface area contributed by atoms with Crippen molar-refractivity contribution in [2.24, 2.45) is 5.73 Å². The molecule has 1 saturated heterocycles. The van der Waals surface area contributed by atoms with Crippen LogP contribution in [0.5, 0.6) is 0 Å². The maximum absolute atomic E-state index is 13.7. The van der Waals surface area contributed by atoms with E-state index >= 15 is 0 Å². The summed E-state index contributed by atoms with van der Waals surface area (Å²) in [6, 6.07) is 15.8. The van der Waals surface area contributed by atoms with Crippen molar-refractivity contribution in [3.05, 3.63) is 87.1 Å². The first-order valence-electron chi connectivity index (χ1n) is 13.1. The lowest BCUT2D eigenvalue weighted by Crippen LogP contribution is -2.38. The number of piperidine rings is 1. The summed E-state index contributed by atoms with van der Waals surface area (Å²) in [6.45, 7) is 8.68. The molecule has 200 valence electrons. The maximum Gasteiger partial charge on any atom is 0.254 e. The van der Waals surface area contributed by atoms with Gasteiger partial charge in [0.15, 0.2) is 0 Å². The van der Waals surface area contributed by atoms with Crippen LogP contribution in [0.25, 0.3) is 28.1 Å². The smallest absolute Gasteiger partial charge is 0.254 e. The Bertz CT molecular complexity index is 1550. The van der Waals surface area contributed by atoms with Crippen LogP contribution in [0.4, 0.5) is 0 Å². The molecule has 0 bridgehead atoms. The summed E-state index contributed by atoms with van der Waals surface area (Å²) < 4.78 is 5.55. The summed E-state index contributed by atoms with van der Waals surface area (Å²) in [7, 11) is 0. The molecule has 0 spiro atoms. The van der Waals surface area contributed by atoms with Crippen molar-refractivity contribution in [2.75, 3.05) is 13.1 Å². The van der Waals surface area contributed by atoms with Crippen LogP contribution in [0.15, 0.2) is 64.1 Å². The van der Waals surface area contributed by atoms with Gasteiger partial charge in [-0.15, -0.1) is 11.3 Å². The van der Waals surface area contributed by atoms with Gasteiger partial charge in [-0.1, -0.05) is 53.2 Å². The Kier molecular flexibility index (Phi) is 7.48. The van der Waals surface area contributed by atoms with Gasteiger partial charge in [0.1, 0.15) is 11.5 Å². The first kappa shape index (κ1) is 26.6. The molecule has 0 saturated carbocycles. The number of nitrogens with one attached hydrogen (secondary N) is 1. The van der Waals surface area contributed by atoms with Gasteiger partial charge < -0.3 is 20.6 Å². The van der Waals surface area contributed by atoms with E-state index in [-0.39, 0.29) is 11.8 Å². The van der Waals surface area contributed by atoms with Gasteiger partial charge in [0.25, 0.3) is 5.91 Å². The molecule has 3 N–H and O–H groups in total. The molecule has 2 aromatic heterocycles. The van der Waals surface area contributed by atoms with Crippen LogP contribution >= 0.6 is 11.3 Å². The Morgan fingerprint density at radius 3 is 2.46 bits per heavy atom. The zero-order chi connectivity index (χ0) is 27.7. The quantitative estimate of drug-likeness (QED) is 0.261. The number of nitrogens with zero attached hydrogens (tertiary/aromatic N) is 3. The average molecular weight is 540 g/mol. The Morgan fingerprint density at radius 1 is 1.08 bits per heavy atom. The topological polar surface area (TPSA) is 109 Å². The molecule has 39 heavy (non-hydrogen) atoms. The van der Waals surface area contributed by atoms with Crippen molar-refractivity contribution in [3.63, 3.8) is 0 Å². The molecule has 7 nitrogen and oxygen atoms in total. The molecule has 1 amide bonds. The van der Waals surface area contributed by atoms with Gasteiger partial charge in [0.2, 0.25) is 0 Å². The number of aromatic nitrogens is 2. The second kappa shape index (κ2) is 11.0. The first-order valence-corrected chi connectivity index (χ1v) is 14.0. The van der Waals surface area contributed by atoms with Crippen molar-refractivity contribution in [1.82, 2.24) is 15.0 Å². The number of nitrogens with two attached hydrogens (primary N) is 1. The number of likely N-dealkylation sites (tertiary alicyclic amines) is 1. The Hall–Kier alpha value is -4.04. The van der Waals surface area contributed by atoms with Gasteiger partial charge in [-0.2, -0.15) is 0 Å². The van der Waals surface area contributed by atoms with Gasteiger partial charge in [0.05, 0.1) is 16.3 Å². The minimum atomic E-state index is -0.0143. The highest BCUT2D eigenvalue weighted by Gasteiger charge is 2.29. The van der Waals surface area contributed by atoms with E-state index in [9.17, 15) is 4.79 Å². The monoisotopic (exact) mass is 539 g/mol. The van der Waals surface area contributed by atoms with Crippen molar-refractivity contribution in [2.45, 2.75) is 46.5 Å². The SMILES string of the molecule is CC(=N)C(=C(C)N)c1ccc(C)cc1C(=O)N1CCC(c2nc(-c3c(-c4ccccc4)noc3C)cs2)CC1. The normalized spacial score (nSPS) is 14.8. The number of hydrogen-bond acceptors (Lipinski definition) is 7. The molecule has 1 fully saturated rings. The van der Waals surface area contributed by atoms with Gasteiger partial charge >= 0.3 is 0 Å². The molecular formula is C31H33N5O2S. The summed E-state index contributed by atoms with van der Waals surface area (Å²) in [5.74, 6) is 1.02. The van der Waals surface area contributed by atoms with E-state index in [0.29, 0.717) is 35.6 Å². The van der Waals surface area contributed by atoms with Crippen molar-refractivity contribution in [1.29, 1.82) is 5.41 Å². The van der Waals surface area contributed by atoms with Crippen LogP contribution < -0.4 is 5.73 Å². The molecule has 0 atom stereocenters. The molecule has 0 unspecified atom stereocenters. The van der Waals surface area contributed by atoms with Gasteiger partial charge in [0, 0.05) is 52.5 Å². The Balaban J connectivity index is 1.34. The fourth-order valence-corrected chi connectivity index (χ4v) is 6.30. The van der Waals surface area contributed by atoms with E-state index in [2.05, 4.69) is 10.5 Å². The minimum Gasteiger partial charge on any atom is -0.402 e. The summed E-state index contributed by atoms with van der Waals surface area (Å²) >= 11 is 1.66. The third-order valence-electron chi connectivity index (χ3n) is 7.26. The maximum atomic E-state index is 13.7. The Morgan fingerprint density at radius 2 is 1.79 bits per heavy atom. The van der Waals surface area contributed by atoms with E-state index in [1.165, 1.54) is 0 Å². The molecular weight excluding hydrogens is 506 g/mol. The zero-order valence-corrected chi connectivity index (χ0v) is 23.6. The number of carbonyl (C=O) groups is 1. The number of allylic oxidation sites excluding steroid dienone is 2. The van der Waals surface area contributed by atoms with Crippen LogP contribution in [0, 0.1) is 19.3 Å². The van der Waals surface area contributed by atoms with Crippen LogP contribution in [0.3, 0.4) is 0 Å². The number of rotatable bonds is 6. The lowest BCUT2D eigenvalue weighted by molar-refractivity contribution is 0.0712. The second-order valence-electron chi connectivity index (χ2n) is 10.2. The molecule has 3 heterocycles. The molecule has 2 aromatic carbocycles. The van der Waals surface area contributed by atoms with Crippen LogP contribution in [0.2, 0.25) is 0 Å². The number of amides is 1. The van der Waals surface area contributed by atoms with E-state index in [1.807, 2.05) is 67.3 Å². The van der Waals surface area contributed by atoms with E-state index < -0.39 is 0 Å². The highest BCUT2D eigenvalue weighted by atomic mass is 32.1. The Labute approximate surface area is 232 Å². The van der Waals surface area contributed by atoms with Gasteiger partial charge in [-0.25, -0.2) is 4.98 Å². The highest BCUT2D eigenvalue weighted by Crippen LogP contribution is 2.38. The van der Waals surface area contributed by atoms with Crippen LogP contribution in [0.1, 0.15) is 64.9 Å². The van der Waals surface area contributed by atoms with Gasteiger partial charge in [-0.3, -0.25) is 4.79 Å². The third kappa shape index (κ3) is 5.29. The zero-order valence-electron chi connectivity index (χ0n) is 22.7. The lowest BCUT2D eigenvalue weighted by Gasteiger charge is -2.32. The van der Waals surface area contributed by atoms with E-state index in [0.717, 1.165) is 57.3 Å². The molecule has 1 aliphatic rings. The summed E-state index contributed by atoms with van der Waals surface area (Å²) in [6.07, 6.45) is 1.69. The second-order valence-corrected chi connectivity index (χ2v) is 11.1. The predicted octanol–water partition coefficient (Wildman–Crippen LogP) is 6.83. The number of benzene rings is 2. The standard InChI is InChI=1S/C31H33N5O2S/c1-18-10-11-24(27(19(2)32)20(3)33)25(16-18)31(37)36-14-12-23(13-15-36)30-34-26(17-39-30)28-21(4)38-35-29(28)22-8-6-5-7-9-22/h5-11,16-17,23,32H,12-15,33H2,1-4H3. The minimum absolute atomic E-state index is 0.0143. The average Bonchev–Trinajstić information content (AvgIpc) is 3.56. The first-order chi connectivity index (χ1) is 18.7. The van der Waals surface area contributed by atoms with Crippen LogP contribution in [-0.2, 0) is 0 Å².